The van der Waals surface area contributed by atoms with Crippen molar-refractivity contribution >= 4 is 0 Å². The van der Waals surface area contributed by atoms with E-state index in [1.807, 2.05) is 0 Å². The van der Waals surface area contributed by atoms with Gasteiger partial charge in [-0.05, 0) is 84.1 Å². The monoisotopic (exact) mass is 250 g/mol. The number of terminal acetylenes is 1. The topological polar surface area (TPSA) is 0 Å². The Morgan fingerprint density at radius 3 is 2.53 bits per heavy atom. The van der Waals surface area contributed by atoms with Crippen LogP contribution >= 0.6 is 0 Å². The van der Waals surface area contributed by atoms with E-state index >= 15 is 0 Å². The van der Waals surface area contributed by atoms with E-state index < -0.39 is 0 Å². The van der Waals surface area contributed by atoms with Crippen LogP contribution in [0.3, 0.4) is 0 Å². The summed E-state index contributed by atoms with van der Waals surface area (Å²) < 4.78 is 0. The molecule has 0 unspecified atom stereocenters. The Kier molecular flexibility index (Phi) is 2.11. The number of hydrogen-bond donors (Lipinski definition) is 0. The molecule has 3 aliphatic carbocycles. The fourth-order valence-electron chi connectivity index (χ4n) is 4.34. The minimum Gasteiger partial charge on any atom is -0.115 e. The summed E-state index contributed by atoms with van der Waals surface area (Å²) in [5.41, 5.74) is 6.89. The van der Waals surface area contributed by atoms with Gasteiger partial charge >= 0.3 is 0 Å². The second-order valence-electron chi connectivity index (χ2n) is 7.75. The molecule has 0 aliphatic heterocycles. The van der Waals surface area contributed by atoms with E-state index in [1.54, 1.807) is 16.7 Å². The minimum atomic E-state index is 0.306. The molecule has 0 heteroatoms. The lowest BCUT2D eigenvalue weighted by Gasteiger charge is -2.39. The third kappa shape index (κ3) is 1.75. The minimum absolute atomic E-state index is 0.306. The lowest BCUT2D eigenvalue weighted by molar-refractivity contribution is 0.308. The van der Waals surface area contributed by atoms with Gasteiger partial charge in [0.15, 0.2) is 0 Å². The molecule has 19 heavy (non-hydrogen) atoms. The van der Waals surface area contributed by atoms with Crippen molar-refractivity contribution in [1.29, 1.82) is 0 Å². The average molecular weight is 250 g/mol. The van der Waals surface area contributed by atoms with E-state index in [0.717, 1.165) is 11.5 Å². The fraction of sp³-hybridized carbons (Fsp3) is 0.579. The van der Waals surface area contributed by atoms with Crippen molar-refractivity contribution in [3.63, 3.8) is 0 Å². The van der Waals surface area contributed by atoms with Gasteiger partial charge in [-0.15, -0.1) is 6.42 Å². The quantitative estimate of drug-likeness (QED) is 0.641. The Hall–Kier alpha value is -1.22. The van der Waals surface area contributed by atoms with Gasteiger partial charge < -0.3 is 0 Å². The third-order valence-electron chi connectivity index (χ3n) is 5.52. The predicted molar refractivity (Wildman–Crippen MR) is 79.4 cm³/mol. The van der Waals surface area contributed by atoms with Gasteiger partial charge in [-0.2, -0.15) is 0 Å². The van der Waals surface area contributed by atoms with Crippen LogP contribution in [0, 0.1) is 17.8 Å². The predicted octanol–water partition coefficient (Wildman–Crippen LogP) is 4.55. The van der Waals surface area contributed by atoms with E-state index in [1.165, 1.54) is 38.5 Å². The molecule has 98 valence electrons. The van der Waals surface area contributed by atoms with Crippen LogP contribution in [0.2, 0.25) is 0 Å². The Balaban J connectivity index is 1.93. The van der Waals surface area contributed by atoms with Gasteiger partial charge in [0.25, 0.3) is 0 Å². The molecule has 2 fully saturated rings. The van der Waals surface area contributed by atoms with Gasteiger partial charge in [-0.3, -0.25) is 0 Å². The lowest BCUT2D eigenvalue weighted by Crippen LogP contribution is -2.31. The standard InChI is InChI=1S/C19H22/c1-4-13-9-15(14-5-6-14)16-11-19(7-8-19)12-18(2,3)17(16)10-13/h1,9-10,14H,5-8,11-12H2,2-3H3. The third-order valence-corrected chi connectivity index (χ3v) is 5.52. The molecule has 1 spiro atoms. The molecule has 0 saturated heterocycles. The van der Waals surface area contributed by atoms with Crippen molar-refractivity contribution < 1.29 is 0 Å². The summed E-state index contributed by atoms with van der Waals surface area (Å²) in [7, 11) is 0. The molecule has 0 N–H and O–H groups in total. The van der Waals surface area contributed by atoms with Crippen molar-refractivity contribution in [3.8, 4) is 12.3 Å². The molecular weight excluding hydrogens is 228 g/mol. The number of hydrogen-bond acceptors (Lipinski definition) is 0. The molecule has 2 saturated carbocycles. The SMILES string of the molecule is C#Cc1cc(C2CC2)c2c(c1)C(C)(C)CC1(CC1)C2. The first-order chi connectivity index (χ1) is 9.03. The van der Waals surface area contributed by atoms with Crippen molar-refractivity contribution in [2.24, 2.45) is 5.41 Å². The summed E-state index contributed by atoms with van der Waals surface area (Å²) in [6.07, 6.45) is 14.0. The maximum Gasteiger partial charge on any atom is 0.0248 e. The van der Waals surface area contributed by atoms with Gasteiger partial charge in [0.05, 0.1) is 0 Å². The molecule has 0 bridgehead atoms. The molecule has 1 aromatic carbocycles. The summed E-state index contributed by atoms with van der Waals surface area (Å²) in [6, 6.07) is 4.62. The molecule has 4 rings (SSSR count). The smallest absolute Gasteiger partial charge is 0.0248 e. The zero-order valence-electron chi connectivity index (χ0n) is 12.1. The Morgan fingerprint density at radius 1 is 1.21 bits per heavy atom. The van der Waals surface area contributed by atoms with Crippen molar-refractivity contribution in [3.05, 3.63) is 34.4 Å². The summed E-state index contributed by atoms with van der Waals surface area (Å²) in [4.78, 5) is 0. The highest BCUT2D eigenvalue weighted by Gasteiger charge is 2.51. The van der Waals surface area contributed by atoms with Gasteiger partial charge in [-0.1, -0.05) is 19.8 Å². The van der Waals surface area contributed by atoms with Crippen LogP contribution in [0.15, 0.2) is 12.1 Å². The first-order valence-corrected chi connectivity index (χ1v) is 7.67. The van der Waals surface area contributed by atoms with Gasteiger partial charge in [0.1, 0.15) is 0 Å². The van der Waals surface area contributed by atoms with Crippen molar-refractivity contribution in [2.45, 2.75) is 63.7 Å². The number of rotatable bonds is 1. The highest BCUT2D eigenvalue weighted by atomic mass is 14.6. The zero-order valence-corrected chi connectivity index (χ0v) is 12.1. The highest BCUT2D eigenvalue weighted by Crippen LogP contribution is 2.61. The Bertz CT molecular complexity index is 589. The van der Waals surface area contributed by atoms with E-state index in [4.69, 9.17) is 6.42 Å². The second kappa shape index (κ2) is 3.45. The van der Waals surface area contributed by atoms with Crippen LogP contribution in [-0.4, -0.2) is 0 Å². The fourth-order valence-corrected chi connectivity index (χ4v) is 4.34. The van der Waals surface area contributed by atoms with Crippen LogP contribution in [0.25, 0.3) is 0 Å². The van der Waals surface area contributed by atoms with E-state index in [9.17, 15) is 0 Å². The molecule has 0 atom stereocenters. The van der Waals surface area contributed by atoms with Crippen LogP contribution in [0.1, 0.15) is 74.1 Å². The van der Waals surface area contributed by atoms with E-state index in [2.05, 4.69) is 31.9 Å². The first kappa shape index (κ1) is 11.6. The lowest BCUT2D eigenvalue weighted by atomic mass is 9.65. The summed E-state index contributed by atoms with van der Waals surface area (Å²) in [5, 5.41) is 0. The summed E-state index contributed by atoms with van der Waals surface area (Å²) in [6.45, 7) is 4.84. The molecular formula is C19H22. The Labute approximate surface area is 116 Å². The molecule has 0 aromatic heterocycles. The molecule has 0 radical (unpaired) electrons. The largest absolute Gasteiger partial charge is 0.115 e. The Morgan fingerprint density at radius 2 is 1.95 bits per heavy atom. The van der Waals surface area contributed by atoms with Crippen molar-refractivity contribution in [1.82, 2.24) is 0 Å². The number of fused-ring (bicyclic) bond motifs is 1. The van der Waals surface area contributed by atoms with Crippen LogP contribution in [0.5, 0.6) is 0 Å². The van der Waals surface area contributed by atoms with E-state index in [0.29, 0.717) is 10.8 Å². The maximum atomic E-state index is 5.68. The molecule has 0 heterocycles. The highest BCUT2D eigenvalue weighted by molar-refractivity contribution is 5.52. The summed E-state index contributed by atoms with van der Waals surface area (Å²) in [5.74, 6) is 3.69. The van der Waals surface area contributed by atoms with E-state index in [-0.39, 0.29) is 0 Å². The number of benzene rings is 1. The van der Waals surface area contributed by atoms with Crippen LogP contribution in [-0.2, 0) is 11.8 Å². The second-order valence-corrected chi connectivity index (χ2v) is 7.75. The van der Waals surface area contributed by atoms with Crippen molar-refractivity contribution in [2.75, 3.05) is 0 Å². The van der Waals surface area contributed by atoms with Crippen LogP contribution in [0.4, 0.5) is 0 Å². The molecule has 0 nitrogen and oxygen atoms in total. The molecule has 3 aliphatic rings. The normalized spacial score (nSPS) is 25.7. The first-order valence-electron chi connectivity index (χ1n) is 7.67. The molecule has 0 amide bonds. The van der Waals surface area contributed by atoms with Gasteiger partial charge in [-0.25, -0.2) is 0 Å². The average Bonchev–Trinajstić information content (AvgIpc) is 3.24. The zero-order chi connectivity index (χ0) is 13.3. The maximum absolute atomic E-state index is 5.68. The molecule has 1 aromatic rings. The summed E-state index contributed by atoms with van der Waals surface area (Å²) >= 11 is 0. The van der Waals surface area contributed by atoms with Gasteiger partial charge in [0, 0.05) is 5.56 Å². The van der Waals surface area contributed by atoms with Gasteiger partial charge in [0.2, 0.25) is 0 Å². The van der Waals surface area contributed by atoms with Crippen LogP contribution < -0.4 is 0 Å².